The molecule has 0 saturated heterocycles. The van der Waals surface area contributed by atoms with E-state index in [-0.39, 0.29) is 19.2 Å². The fourth-order valence-corrected chi connectivity index (χ4v) is 4.73. The van der Waals surface area contributed by atoms with Crippen LogP contribution < -0.4 is 5.32 Å². The van der Waals surface area contributed by atoms with E-state index in [1.54, 1.807) is 6.07 Å². The molecule has 0 aromatic heterocycles. The Balaban J connectivity index is 2.54. The van der Waals surface area contributed by atoms with Gasteiger partial charge >= 0.3 is 0 Å². The van der Waals surface area contributed by atoms with Gasteiger partial charge < -0.3 is 10.4 Å². The molecule has 1 aromatic rings. The van der Waals surface area contributed by atoms with Gasteiger partial charge in [0.15, 0.2) is 0 Å². The van der Waals surface area contributed by atoms with Crippen LogP contribution in [0.2, 0.25) is 0 Å². The van der Waals surface area contributed by atoms with Crippen molar-refractivity contribution in [1.82, 2.24) is 4.31 Å². The van der Waals surface area contributed by atoms with E-state index in [0.29, 0.717) is 4.90 Å². The van der Waals surface area contributed by atoms with Crippen molar-refractivity contribution in [2.24, 2.45) is 0 Å². The molecular weight excluding hydrogens is 288 g/mol. The van der Waals surface area contributed by atoms with Crippen molar-refractivity contribution in [3.63, 3.8) is 0 Å². The normalized spacial score (nSPS) is 15.1. The van der Waals surface area contributed by atoms with Crippen LogP contribution in [0.3, 0.4) is 0 Å². The molecule has 0 unspecified atom stereocenters. The van der Waals surface area contributed by atoms with Gasteiger partial charge in [-0.25, -0.2) is 8.42 Å². The number of nitrogens with one attached hydrogen (secondary N) is 1. The number of sulfonamides is 1. The van der Waals surface area contributed by atoms with Gasteiger partial charge in [0, 0.05) is 24.8 Å². The van der Waals surface area contributed by atoms with Gasteiger partial charge in [0.05, 0.1) is 11.5 Å². The second-order valence-electron chi connectivity index (χ2n) is 5.70. The van der Waals surface area contributed by atoms with Gasteiger partial charge in [0.25, 0.3) is 0 Å². The van der Waals surface area contributed by atoms with Crippen LogP contribution in [0.25, 0.3) is 0 Å². The summed E-state index contributed by atoms with van der Waals surface area (Å²) in [7, 11) is -3.59. The van der Waals surface area contributed by atoms with Crippen LogP contribution in [-0.4, -0.2) is 43.6 Å². The molecule has 2 rings (SSSR count). The molecule has 0 atom stereocenters. The molecule has 0 fully saturated rings. The van der Waals surface area contributed by atoms with E-state index in [1.807, 2.05) is 26.8 Å². The van der Waals surface area contributed by atoms with Crippen molar-refractivity contribution in [2.45, 2.75) is 44.6 Å². The summed E-state index contributed by atoms with van der Waals surface area (Å²) in [6, 6.07) is 3.36. The van der Waals surface area contributed by atoms with Crippen LogP contribution in [0.5, 0.6) is 0 Å². The molecule has 1 aliphatic heterocycles. The third-order valence-corrected chi connectivity index (χ3v) is 6.03. The van der Waals surface area contributed by atoms with Crippen LogP contribution in [0.15, 0.2) is 17.0 Å². The highest BCUT2D eigenvalue weighted by Gasteiger charge is 2.30. The first kappa shape index (κ1) is 16.3. The van der Waals surface area contributed by atoms with Crippen LogP contribution in [0, 0.1) is 6.92 Å². The van der Waals surface area contributed by atoms with E-state index < -0.39 is 10.0 Å². The van der Waals surface area contributed by atoms with Gasteiger partial charge in [-0.2, -0.15) is 4.31 Å². The highest BCUT2D eigenvalue weighted by molar-refractivity contribution is 7.89. The molecular formula is C15H24N2O3S. The Morgan fingerprint density at radius 2 is 2.10 bits per heavy atom. The standard InChI is InChI=1S/C15H24N2O3S/c1-11(2)17(9-10-18)21(19,20)14-7-6-12(3)15-13(14)5-4-8-16-15/h6-7,11,16,18H,4-5,8-10H2,1-3H3. The number of aryl methyl sites for hydroxylation is 1. The molecule has 6 heteroatoms. The van der Waals surface area contributed by atoms with Gasteiger partial charge in [-0.05, 0) is 50.8 Å². The Kier molecular flexibility index (Phi) is 4.91. The molecule has 0 radical (unpaired) electrons. The minimum atomic E-state index is -3.59. The molecule has 0 bridgehead atoms. The lowest BCUT2D eigenvalue weighted by molar-refractivity contribution is 0.236. The zero-order valence-corrected chi connectivity index (χ0v) is 13.7. The number of benzene rings is 1. The average Bonchev–Trinajstić information content (AvgIpc) is 2.44. The average molecular weight is 312 g/mol. The first-order valence-corrected chi connectivity index (χ1v) is 8.82. The summed E-state index contributed by atoms with van der Waals surface area (Å²) < 4.78 is 27.2. The fourth-order valence-electron chi connectivity index (χ4n) is 2.84. The summed E-state index contributed by atoms with van der Waals surface area (Å²) in [6.45, 7) is 6.46. The molecule has 2 N–H and O–H groups in total. The van der Waals surface area contributed by atoms with Gasteiger partial charge in [0.2, 0.25) is 10.0 Å². The zero-order valence-electron chi connectivity index (χ0n) is 12.9. The van der Waals surface area contributed by atoms with E-state index in [2.05, 4.69) is 5.32 Å². The molecule has 0 spiro atoms. The maximum Gasteiger partial charge on any atom is 0.243 e. The molecule has 0 amide bonds. The number of hydrogen-bond acceptors (Lipinski definition) is 4. The lowest BCUT2D eigenvalue weighted by Gasteiger charge is -2.29. The fraction of sp³-hybridized carbons (Fsp3) is 0.600. The van der Waals surface area contributed by atoms with Gasteiger partial charge in [-0.15, -0.1) is 0 Å². The van der Waals surface area contributed by atoms with Crippen molar-refractivity contribution in [3.8, 4) is 0 Å². The predicted octanol–water partition coefficient (Wildman–Crippen LogP) is 1.74. The number of nitrogens with zero attached hydrogens (tertiary/aromatic N) is 1. The number of fused-ring (bicyclic) bond motifs is 1. The van der Waals surface area contributed by atoms with Crippen molar-refractivity contribution < 1.29 is 13.5 Å². The second-order valence-corrected chi connectivity index (χ2v) is 7.56. The third kappa shape index (κ3) is 3.07. The smallest absolute Gasteiger partial charge is 0.243 e. The quantitative estimate of drug-likeness (QED) is 0.869. The highest BCUT2D eigenvalue weighted by Crippen LogP contribution is 2.33. The Bertz CT molecular complexity index is 612. The summed E-state index contributed by atoms with van der Waals surface area (Å²) >= 11 is 0. The van der Waals surface area contributed by atoms with E-state index in [0.717, 1.165) is 36.2 Å². The SMILES string of the molecule is Cc1ccc(S(=O)(=O)N(CCO)C(C)C)c2c1NCCC2. The molecule has 118 valence electrons. The van der Waals surface area contributed by atoms with E-state index in [4.69, 9.17) is 5.11 Å². The van der Waals surface area contributed by atoms with Crippen molar-refractivity contribution in [2.75, 3.05) is 25.0 Å². The number of aliphatic hydroxyl groups excluding tert-OH is 1. The molecule has 1 heterocycles. The lowest BCUT2D eigenvalue weighted by atomic mass is 10.00. The molecule has 5 nitrogen and oxygen atoms in total. The summed E-state index contributed by atoms with van der Waals surface area (Å²) in [5.74, 6) is 0. The molecule has 0 saturated carbocycles. The summed E-state index contributed by atoms with van der Waals surface area (Å²) in [4.78, 5) is 0.373. The maximum absolute atomic E-state index is 12.9. The number of anilines is 1. The van der Waals surface area contributed by atoms with Crippen molar-refractivity contribution in [1.29, 1.82) is 0 Å². The lowest BCUT2D eigenvalue weighted by Crippen LogP contribution is -2.39. The van der Waals surface area contributed by atoms with Crippen molar-refractivity contribution in [3.05, 3.63) is 23.3 Å². The summed E-state index contributed by atoms with van der Waals surface area (Å²) in [6.07, 6.45) is 1.70. The van der Waals surface area contributed by atoms with E-state index in [1.165, 1.54) is 4.31 Å². The van der Waals surface area contributed by atoms with Gasteiger partial charge in [0.1, 0.15) is 0 Å². The van der Waals surface area contributed by atoms with Crippen LogP contribution in [-0.2, 0) is 16.4 Å². The van der Waals surface area contributed by atoms with Gasteiger partial charge in [-0.1, -0.05) is 6.07 Å². The first-order chi connectivity index (χ1) is 9.89. The molecule has 1 aromatic carbocycles. The third-order valence-electron chi connectivity index (χ3n) is 3.87. The Hall–Kier alpha value is -1.11. The summed E-state index contributed by atoms with van der Waals surface area (Å²) in [5, 5.41) is 12.5. The largest absolute Gasteiger partial charge is 0.395 e. The predicted molar refractivity (Wildman–Crippen MR) is 84.1 cm³/mol. The minimum Gasteiger partial charge on any atom is -0.395 e. The number of rotatable bonds is 5. The number of aliphatic hydroxyl groups is 1. The Morgan fingerprint density at radius 3 is 2.71 bits per heavy atom. The summed E-state index contributed by atoms with van der Waals surface area (Å²) in [5.41, 5.74) is 2.90. The van der Waals surface area contributed by atoms with E-state index >= 15 is 0 Å². The highest BCUT2D eigenvalue weighted by atomic mass is 32.2. The van der Waals surface area contributed by atoms with Crippen LogP contribution >= 0.6 is 0 Å². The van der Waals surface area contributed by atoms with Crippen LogP contribution in [0.4, 0.5) is 5.69 Å². The maximum atomic E-state index is 12.9. The second kappa shape index (κ2) is 6.34. The monoisotopic (exact) mass is 312 g/mol. The molecule has 1 aliphatic rings. The zero-order chi connectivity index (χ0) is 15.6. The van der Waals surface area contributed by atoms with Gasteiger partial charge in [-0.3, -0.25) is 0 Å². The Labute approximate surface area is 127 Å². The Morgan fingerprint density at radius 1 is 1.38 bits per heavy atom. The van der Waals surface area contributed by atoms with Crippen molar-refractivity contribution >= 4 is 15.7 Å². The first-order valence-electron chi connectivity index (χ1n) is 7.38. The topological polar surface area (TPSA) is 69.6 Å². The molecule has 21 heavy (non-hydrogen) atoms. The molecule has 0 aliphatic carbocycles. The van der Waals surface area contributed by atoms with Crippen LogP contribution in [0.1, 0.15) is 31.4 Å². The minimum absolute atomic E-state index is 0.121. The van der Waals surface area contributed by atoms with E-state index in [9.17, 15) is 8.42 Å². The number of hydrogen-bond donors (Lipinski definition) is 2.